The molecular weight excluding hydrogens is 254 g/mol. The Kier molecular flexibility index (Phi) is 4.56. The van der Waals surface area contributed by atoms with Crippen molar-refractivity contribution in [3.05, 3.63) is 40.4 Å². The summed E-state index contributed by atoms with van der Waals surface area (Å²) in [5, 5.41) is 4.28. The highest BCUT2D eigenvalue weighted by Gasteiger charge is 2.15. The molecule has 0 fully saturated rings. The summed E-state index contributed by atoms with van der Waals surface area (Å²) in [4.78, 5) is 8.32. The van der Waals surface area contributed by atoms with E-state index in [4.69, 9.17) is 4.98 Å². The normalized spacial score (nSPS) is 10.7. The highest BCUT2D eigenvalue weighted by Crippen LogP contribution is 2.32. The maximum atomic E-state index is 4.72. The number of hydrogen-bond donors (Lipinski definition) is 1. The van der Waals surface area contributed by atoms with Gasteiger partial charge in [0.2, 0.25) is 0 Å². The van der Waals surface area contributed by atoms with Crippen LogP contribution in [0.4, 0.5) is 10.8 Å². The van der Waals surface area contributed by atoms with Crippen LogP contribution in [-0.4, -0.2) is 18.6 Å². The Bertz CT molecular complexity index is 548. The van der Waals surface area contributed by atoms with Gasteiger partial charge in [-0.3, -0.25) is 0 Å². The third-order valence-electron chi connectivity index (χ3n) is 3.17. The van der Waals surface area contributed by atoms with Crippen LogP contribution < -0.4 is 10.2 Å². The van der Waals surface area contributed by atoms with Crippen LogP contribution in [-0.2, 0) is 6.54 Å². The first kappa shape index (κ1) is 14.0. The third kappa shape index (κ3) is 2.96. The van der Waals surface area contributed by atoms with E-state index in [9.17, 15) is 0 Å². The molecule has 3 nitrogen and oxygen atoms in total. The van der Waals surface area contributed by atoms with Crippen LogP contribution >= 0.6 is 11.3 Å². The minimum absolute atomic E-state index is 0.884. The summed E-state index contributed by atoms with van der Waals surface area (Å²) in [6.45, 7) is 8.21. The monoisotopic (exact) mass is 275 g/mol. The van der Waals surface area contributed by atoms with E-state index in [1.54, 1.807) is 11.3 Å². The summed E-state index contributed by atoms with van der Waals surface area (Å²) in [7, 11) is 1.97. The lowest BCUT2D eigenvalue weighted by Gasteiger charge is -2.21. The van der Waals surface area contributed by atoms with Crippen LogP contribution in [0.2, 0.25) is 0 Å². The Morgan fingerprint density at radius 3 is 2.63 bits per heavy atom. The molecule has 4 heteroatoms. The quantitative estimate of drug-likeness (QED) is 0.903. The Morgan fingerprint density at radius 1 is 1.26 bits per heavy atom. The van der Waals surface area contributed by atoms with E-state index in [0.29, 0.717) is 0 Å². The molecule has 0 saturated heterocycles. The SMILES string of the molecule is CCN(c1nc(C)c(CNC)s1)c1ccccc1C. The van der Waals surface area contributed by atoms with Gasteiger partial charge in [0, 0.05) is 23.7 Å². The Hall–Kier alpha value is -1.39. The molecule has 2 rings (SSSR count). The summed E-state index contributed by atoms with van der Waals surface area (Å²) >= 11 is 1.77. The van der Waals surface area contributed by atoms with Gasteiger partial charge in [-0.05, 0) is 39.4 Å². The number of aromatic nitrogens is 1. The van der Waals surface area contributed by atoms with Crippen molar-refractivity contribution in [2.24, 2.45) is 0 Å². The van der Waals surface area contributed by atoms with Crippen LogP contribution in [0.25, 0.3) is 0 Å². The van der Waals surface area contributed by atoms with E-state index in [1.165, 1.54) is 16.1 Å². The average Bonchev–Trinajstić information content (AvgIpc) is 2.75. The number of rotatable bonds is 5. The summed E-state index contributed by atoms with van der Waals surface area (Å²) < 4.78 is 0. The van der Waals surface area contributed by atoms with Crippen molar-refractivity contribution >= 4 is 22.2 Å². The first-order chi connectivity index (χ1) is 9.17. The van der Waals surface area contributed by atoms with E-state index < -0.39 is 0 Å². The number of para-hydroxylation sites is 1. The summed E-state index contributed by atoms with van der Waals surface area (Å²) in [6, 6.07) is 8.46. The lowest BCUT2D eigenvalue weighted by molar-refractivity contribution is 0.822. The first-order valence-electron chi connectivity index (χ1n) is 6.61. The van der Waals surface area contributed by atoms with Crippen molar-refractivity contribution in [2.45, 2.75) is 27.3 Å². The van der Waals surface area contributed by atoms with E-state index in [-0.39, 0.29) is 0 Å². The second-order valence-electron chi connectivity index (χ2n) is 4.57. The lowest BCUT2D eigenvalue weighted by atomic mass is 10.2. The topological polar surface area (TPSA) is 28.2 Å². The molecule has 0 atom stereocenters. The molecule has 102 valence electrons. The van der Waals surface area contributed by atoms with E-state index >= 15 is 0 Å². The molecule has 0 aliphatic carbocycles. The van der Waals surface area contributed by atoms with Gasteiger partial charge in [0.05, 0.1) is 5.69 Å². The smallest absolute Gasteiger partial charge is 0.190 e. The zero-order valence-electron chi connectivity index (χ0n) is 12.0. The van der Waals surface area contributed by atoms with Crippen LogP contribution in [0.5, 0.6) is 0 Å². The number of nitrogens with zero attached hydrogens (tertiary/aromatic N) is 2. The van der Waals surface area contributed by atoms with Gasteiger partial charge in [0.25, 0.3) is 0 Å². The van der Waals surface area contributed by atoms with E-state index in [0.717, 1.165) is 23.9 Å². The molecular formula is C15H21N3S. The van der Waals surface area contributed by atoms with Crippen molar-refractivity contribution in [3.8, 4) is 0 Å². The van der Waals surface area contributed by atoms with Gasteiger partial charge in [-0.25, -0.2) is 4.98 Å². The minimum atomic E-state index is 0.884. The van der Waals surface area contributed by atoms with E-state index in [1.807, 2.05) is 7.05 Å². The Morgan fingerprint density at radius 2 is 2.00 bits per heavy atom. The molecule has 0 aliphatic rings. The molecule has 0 aliphatic heterocycles. The van der Waals surface area contributed by atoms with Gasteiger partial charge < -0.3 is 10.2 Å². The minimum Gasteiger partial charge on any atom is -0.318 e. The molecule has 1 N–H and O–H groups in total. The third-order valence-corrected chi connectivity index (χ3v) is 4.35. The maximum Gasteiger partial charge on any atom is 0.190 e. The lowest BCUT2D eigenvalue weighted by Crippen LogP contribution is -2.16. The Labute approximate surface area is 119 Å². The number of thiazole rings is 1. The van der Waals surface area contributed by atoms with Gasteiger partial charge in [0.1, 0.15) is 0 Å². The van der Waals surface area contributed by atoms with Gasteiger partial charge in [-0.15, -0.1) is 0 Å². The van der Waals surface area contributed by atoms with Crippen molar-refractivity contribution in [1.29, 1.82) is 0 Å². The number of hydrogen-bond acceptors (Lipinski definition) is 4. The molecule has 1 aromatic heterocycles. The number of benzene rings is 1. The fraction of sp³-hybridized carbons (Fsp3) is 0.400. The van der Waals surface area contributed by atoms with Gasteiger partial charge in [0.15, 0.2) is 5.13 Å². The standard InChI is InChI=1S/C15H21N3S/c1-5-18(13-9-7-6-8-11(13)2)15-17-12(3)14(19-15)10-16-4/h6-9,16H,5,10H2,1-4H3. The average molecular weight is 275 g/mol. The van der Waals surface area contributed by atoms with E-state index in [2.05, 4.69) is 55.3 Å². The molecule has 1 aromatic carbocycles. The summed E-state index contributed by atoms with van der Waals surface area (Å²) in [5.41, 5.74) is 3.66. The second kappa shape index (κ2) is 6.17. The van der Waals surface area contributed by atoms with Crippen molar-refractivity contribution in [1.82, 2.24) is 10.3 Å². The van der Waals surface area contributed by atoms with Crippen LogP contribution in [0, 0.1) is 13.8 Å². The van der Waals surface area contributed by atoms with Crippen LogP contribution in [0.3, 0.4) is 0 Å². The van der Waals surface area contributed by atoms with Gasteiger partial charge >= 0.3 is 0 Å². The second-order valence-corrected chi connectivity index (χ2v) is 5.63. The van der Waals surface area contributed by atoms with Crippen molar-refractivity contribution in [3.63, 3.8) is 0 Å². The van der Waals surface area contributed by atoms with Crippen molar-refractivity contribution < 1.29 is 0 Å². The van der Waals surface area contributed by atoms with Gasteiger partial charge in [-0.1, -0.05) is 29.5 Å². The first-order valence-corrected chi connectivity index (χ1v) is 7.43. The maximum absolute atomic E-state index is 4.72. The molecule has 0 saturated carbocycles. The number of anilines is 2. The molecule has 0 amide bonds. The summed E-state index contributed by atoms with van der Waals surface area (Å²) in [5.74, 6) is 0. The molecule has 1 heterocycles. The van der Waals surface area contributed by atoms with Crippen LogP contribution in [0.15, 0.2) is 24.3 Å². The fourth-order valence-corrected chi connectivity index (χ4v) is 3.28. The molecule has 2 aromatic rings. The Balaban J connectivity index is 2.37. The molecule has 0 radical (unpaired) electrons. The number of aryl methyl sites for hydroxylation is 2. The molecule has 19 heavy (non-hydrogen) atoms. The summed E-state index contributed by atoms with van der Waals surface area (Å²) in [6.07, 6.45) is 0. The highest BCUT2D eigenvalue weighted by molar-refractivity contribution is 7.15. The predicted octanol–water partition coefficient (Wildman–Crippen LogP) is 3.64. The highest BCUT2D eigenvalue weighted by atomic mass is 32.1. The van der Waals surface area contributed by atoms with Crippen LogP contribution in [0.1, 0.15) is 23.1 Å². The largest absolute Gasteiger partial charge is 0.318 e. The van der Waals surface area contributed by atoms with Crippen molar-refractivity contribution in [2.75, 3.05) is 18.5 Å². The fourth-order valence-electron chi connectivity index (χ4n) is 2.13. The number of nitrogens with one attached hydrogen (secondary N) is 1. The molecule has 0 spiro atoms. The predicted molar refractivity (Wildman–Crippen MR) is 83.5 cm³/mol. The zero-order chi connectivity index (χ0) is 13.8. The molecule has 0 unspecified atom stereocenters. The van der Waals surface area contributed by atoms with Gasteiger partial charge in [-0.2, -0.15) is 0 Å². The zero-order valence-corrected chi connectivity index (χ0v) is 12.8. The molecule has 0 bridgehead atoms.